The first-order valence-corrected chi connectivity index (χ1v) is 10.2. The molecular formula is C22H18FN3O3S. The van der Waals surface area contributed by atoms with E-state index in [0.29, 0.717) is 22.7 Å². The average molecular weight is 423 g/mol. The van der Waals surface area contributed by atoms with Gasteiger partial charge >= 0.3 is 0 Å². The number of hydrogen-bond acceptors (Lipinski definition) is 6. The summed E-state index contributed by atoms with van der Waals surface area (Å²) < 4.78 is 24.2. The van der Waals surface area contributed by atoms with Crippen LogP contribution < -0.4 is 10.1 Å². The van der Waals surface area contributed by atoms with E-state index < -0.39 is 0 Å². The van der Waals surface area contributed by atoms with E-state index in [0.717, 1.165) is 11.3 Å². The summed E-state index contributed by atoms with van der Waals surface area (Å²) >= 11 is 1.37. The number of ether oxygens (including phenoxy) is 1. The molecule has 4 aromatic rings. The largest absolute Gasteiger partial charge is 0.494 e. The van der Waals surface area contributed by atoms with Gasteiger partial charge < -0.3 is 14.6 Å². The fourth-order valence-electron chi connectivity index (χ4n) is 2.88. The molecule has 0 fully saturated rings. The van der Waals surface area contributed by atoms with Crippen molar-refractivity contribution in [2.75, 3.05) is 11.9 Å². The minimum absolute atomic E-state index is 0.163. The van der Waals surface area contributed by atoms with Crippen molar-refractivity contribution in [3.05, 3.63) is 71.4 Å². The van der Waals surface area contributed by atoms with Gasteiger partial charge in [-0.05, 0) is 48.2 Å². The second-order valence-corrected chi connectivity index (χ2v) is 7.31. The van der Waals surface area contributed by atoms with Gasteiger partial charge in [0, 0.05) is 5.56 Å². The summed E-state index contributed by atoms with van der Waals surface area (Å²) in [6.45, 7) is 2.52. The van der Waals surface area contributed by atoms with Gasteiger partial charge in [0.25, 0.3) is 5.89 Å². The van der Waals surface area contributed by atoms with E-state index in [2.05, 4.69) is 15.5 Å². The van der Waals surface area contributed by atoms with Crippen molar-refractivity contribution in [3.63, 3.8) is 0 Å². The zero-order valence-corrected chi connectivity index (χ0v) is 16.9. The summed E-state index contributed by atoms with van der Waals surface area (Å²) in [6, 6.07) is 15.2. The smallest absolute Gasteiger partial charge is 0.270 e. The lowest BCUT2D eigenvalue weighted by Crippen LogP contribution is -2.14. The van der Waals surface area contributed by atoms with Gasteiger partial charge in [0.1, 0.15) is 16.4 Å². The van der Waals surface area contributed by atoms with Gasteiger partial charge in [0.15, 0.2) is 0 Å². The second kappa shape index (κ2) is 8.87. The molecule has 0 aliphatic carbocycles. The number of aromatic nitrogens is 2. The molecule has 152 valence electrons. The molecule has 1 N–H and O–H groups in total. The molecule has 2 heterocycles. The average Bonchev–Trinajstić information content (AvgIpc) is 3.39. The van der Waals surface area contributed by atoms with Crippen LogP contribution in [0.25, 0.3) is 22.2 Å². The van der Waals surface area contributed by atoms with Gasteiger partial charge in [0.2, 0.25) is 11.7 Å². The van der Waals surface area contributed by atoms with Crippen molar-refractivity contribution in [2.24, 2.45) is 0 Å². The van der Waals surface area contributed by atoms with Crippen molar-refractivity contribution in [2.45, 2.75) is 13.3 Å². The highest BCUT2D eigenvalue weighted by Gasteiger charge is 2.17. The monoisotopic (exact) mass is 423 g/mol. The van der Waals surface area contributed by atoms with Crippen molar-refractivity contribution in [1.82, 2.24) is 10.1 Å². The SMILES string of the molecule is CCOc1ccc(CC(=O)Nc2ccsc2-c2nc(-c3cccc(F)c3)no2)cc1. The van der Waals surface area contributed by atoms with E-state index in [9.17, 15) is 9.18 Å². The Labute approximate surface area is 176 Å². The molecular weight excluding hydrogens is 405 g/mol. The maximum Gasteiger partial charge on any atom is 0.270 e. The first kappa shape index (κ1) is 19.8. The van der Waals surface area contributed by atoms with Crippen LogP contribution in [0, 0.1) is 5.82 Å². The van der Waals surface area contributed by atoms with E-state index in [1.807, 2.05) is 36.6 Å². The number of anilines is 1. The van der Waals surface area contributed by atoms with Crippen LogP contribution in [-0.2, 0) is 11.2 Å². The van der Waals surface area contributed by atoms with Crippen molar-refractivity contribution >= 4 is 22.9 Å². The van der Waals surface area contributed by atoms with Gasteiger partial charge in [0.05, 0.1) is 18.7 Å². The van der Waals surface area contributed by atoms with Crippen LogP contribution in [-0.4, -0.2) is 22.7 Å². The van der Waals surface area contributed by atoms with Crippen LogP contribution >= 0.6 is 11.3 Å². The summed E-state index contributed by atoms with van der Waals surface area (Å²) in [5.74, 6) is 0.776. The summed E-state index contributed by atoms with van der Waals surface area (Å²) in [5, 5.41) is 8.64. The number of rotatable bonds is 7. The molecule has 0 atom stereocenters. The van der Waals surface area contributed by atoms with Crippen LogP contribution in [0.2, 0.25) is 0 Å². The van der Waals surface area contributed by atoms with Crippen molar-refractivity contribution < 1.29 is 18.4 Å². The molecule has 2 aromatic carbocycles. The van der Waals surface area contributed by atoms with Crippen LogP contribution in [0.4, 0.5) is 10.1 Å². The number of nitrogens with zero attached hydrogens (tertiary/aromatic N) is 2. The highest BCUT2D eigenvalue weighted by Crippen LogP contribution is 2.33. The fraction of sp³-hybridized carbons (Fsp3) is 0.136. The number of carbonyl (C=O) groups is 1. The molecule has 0 saturated heterocycles. The Hall–Kier alpha value is -3.52. The molecule has 0 spiro atoms. The van der Waals surface area contributed by atoms with E-state index in [1.54, 1.807) is 18.2 Å². The summed E-state index contributed by atoms with van der Waals surface area (Å²) in [6.07, 6.45) is 0.222. The maximum atomic E-state index is 13.4. The van der Waals surface area contributed by atoms with Crippen LogP contribution in [0.3, 0.4) is 0 Å². The Bertz CT molecular complexity index is 1150. The first-order valence-electron chi connectivity index (χ1n) is 9.31. The van der Waals surface area contributed by atoms with E-state index in [-0.39, 0.29) is 29.9 Å². The molecule has 0 bridgehead atoms. The minimum atomic E-state index is -0.378. The van der Waals surface area contributed by atoms with Crippen LogP contribution in [0.1, 0.15) is 12.5 Å². The number of benzene rings is 2. The normalized spacial score (nSPS) is 10.7. The van der Waals surface area contributed by atoms with E-state index in [1.165, 1.54) is 23.5 Å². The molecule has 8 heteroatoms. The van der Waals surface area contributed by atoms with Crippen molar-refractivity contribution in [1.29, 1.82) is 0 Å². The number of thiophene rings is 1. The molecule has 0 unspecified atom stereocenters. The zero-order chi connectivity index (χ0) is 20.9. The molecule has 2 aromatic heterocycles. The van der Waals surface area contributed by atoms with E-state index in [4.69, 9.17) is 9.26 Å². The number of carbonyl (C=O) groups excluding carboxylic acids is 1. The summed E-state index contributed by atoms with van der Waals surface area (Å²) in [7, 11) is 0. The topological polar surface area (TPSA) is 77.2 Å². The maximum absolute atomic E-state index is 13.4. The quantitative estimate of drug-likeness (QED) is 0.443. The molecule has 0 saturated carbocycles. The minimum Gasteiger partial charge on any atom is -0.494 e. The zero-order valence-electron chi connectivity index (χ0n) is 16.1. The molecule has 0 aliphatic rings. The van der Waals surface area contributed by atoms with Gasteiger partial charge in [-0.3, -0.25) is 4.79 Å². The molecule has 6 nitrogen and oxygen atoms in total. The lowest BCUT2D eigenvalue weighted by molar-refractivity contribution is -0.115. The van der Waals surface area contributed by atoms with E-state index >= 15 is 0 Å². The molecule has 4 rings (SSSR count). The molecule has 0 aliphatic heterocycles. The first-order chi connectivity index (χ1) is 14.6. The number of halogens is 1. The summed E-state index contributed by atoms with van der Waals surface area (Å²) in [5.41, 5.74) is 1.98. The van der Waals surface area contributed by atoms with Gasteiger partial charge in [-0.2, -0.15) is 4.98 Å². The van der Waals surface area contributed by atoms with Crippen molar-refractivity contribution in [3.8, 4) is 27.9 Å². The molecule has 1 amide bonds. The lowest BCUT2D eigenvalue weighted by atomic mass is 10.1. The Morgan fingerprint density at radius 2 is 2.03 bits per heavy atom. The van der Waals surface area contributed by atoms with Gasteiger partial charge in [-0.1, -0.05) is 29.4 Å². The Balaban J connectivity index is 1.46. The number of hydrogen-bond donors (Lipinski definition) is 1. The predicted molar refractivity (Wildman–Crippen MR) is 113 cm³/mol. The van der Waals surface area contributed by atoms with Gasteiger partial charge in [-0.15, -0.1) is 11.3 Å². The highest BCUT2D eigenvalue weighted by atomic mass is 32.1. The summed E-state index contributed by atoms with van der Waals surface area (Å²) in [4.78, 5) is 17.5. The Morgan fingerprint density at radius 3 is 2.80 bits per heavy atom. The number of nitrogens with one attached hydrogen (secondary N) is 1. The van der Waals surface area contributed by atoms with Crippen LogP contribution in [0.5, 0.6) is 5.75 Å². The molecule has 30 heavy (non-hydrogen) atoms. The van der Waals surface area contributed by atoms with Gasteiger partial charge in [-0.25, -0.2) is 4.39 Å². The number of amides is 1. The third kappa shape index (κ3) is 4.55. The highest BCUT2D eigenvalue weighted by molar-refractivity contribution is 7.14. The molecule has 0 radical (unpaired) electrons. The third-order valence-electron chi connectivity index (χ3n) is 4.24. The second-order valence-electron chi connectivity index (χ2n) is 6.40. The third-order valence-corrected chi connectivity index (χ3v) is 5.14. The predicted octanol–water partition coefficient (Wildman–Crippen LogP) is 5.18. The fourth-order valence-corrected chi connectivity index (χ4v) is 3.65. The van der Waals surface area contributed by atoms with Crippen LogP contribution in [0.15, 0.2) is 64.5 Å². The Kier molecular flexibility index (Phi) is 5.85. The Morgan fingerprint density at radius 1 is 1.20 bits per heavy atom. The lowest BCUT2D eigenvalue weighted by Gasteiger charge is -2.06. The standard InChI is InChI=1S/C22H18FN3O3S/c1-2-28-17-8-6-14(7-9-17)12-19(27)24-18-10-11-30-20(18)22-25-21(26-29-22)15-4-3-5-16(23)13-15/h3-11,13H,2,12H2,1H3,(H,24,27).